The molecule has 1 N–H and O–H groups in total. The van der Waals surface area contributed by atoms with Gasteiger partial charge in [0.2, 0.25) is 0 Å². The molecule has 0 amide bonds. The van der Waals surface area contributed by atoms with Crippen molar-refractivity contribution < 1.29 is 5.11 Å². The lowest BCUT2D eigenvalue weighted by Gasteiger charge is -2.10. The molecule has 5 heteroatoms. The molecule has 0 saturated carbocycles. The molecule has 0 radical (unpaired) electrons. The van der Waals surface area contributed by atoms with Crippen molar-refractivity contribution in [2.24, 2.45) is 0 Å². The normalized spacial score (nSPS) is 11.7. The van der Waals surface area contributed by atoms with E-state index in [0.717, 1.165) is 55.4 Å². The van der Waals surface area contributed by atoms with Crippen molar-refractivity contribution in [2.75, 3.05) is 0 Å². The van der Waals surface area contributed by atoms with Crippen LogP contribution < -0.4 is 0 Å². The Labute approximate surface area is 223 Å². The summed E-state index contributed by atoms with van der Waals surface area (Å²) in [7, 11) is 0. The van der Waals surface area contributed by atoms with E-state index in [1.807, 2.05) is 42.5 Å². The Morgan fingerprint density at radius 2 is 1.05 bits per heavy atom. The third kappa shape index (κ3) is 3.20. The molecule has 0 bridgehead atoms. The Balaban J connectivity index is 1.46. The first-order valence-electron chi connectivity index (χ1n) is 12.9. The van der Waals surface area contributed by atoms with E-state index in [-0.39, 0.29) is 5.75 Å². The Morgan fingerprint density at radius 3 is 1.79 bits per heavy atom. The van der Waals surface area contributed by atoms with Crippen LogP contribution in [0.25, 0.3) is 66.6 Å². The van der Waals surface area contributed by atoms with Crippen molar-refractivity contribution in [3.8, 4) is 28.5 Å². The Hall–Kier alpha value is -5.42. The number of para-hydroxylation sites is 4. The lowest BCUT2D eigenvalue weighted by Crippen LogP contribution is -2.01. The molecule has 0 spiro atoms. The molecule has 8 rings (SSSR count). The number of nitrogens with zero attached hydrogens (tertiary/aromatic N) is 4. The molecule has 39 heavy (non-hydrogen) atoms. The third-order valence-electron chi connectivity index (χ3n) is 7.45. The van der Waals surface area contributed by atoms with Crippen molar-refractivity contribution in [1.29, 1.82) is 0 Å². The molecule has 4 aromatic carbocycles. The number of rotatable bonds is 3. The number of hydrogen-bond acceptors (Lipinski definition) is 3. The second-order valence-corrected chi connectivity index (χ2v) is 9.67. The van der Waals surface area contributed by atoms with Gasteiger partial charge in [0.1, 0.15) is 22.9 Å². The minimum atomic E-state index is 0.207. The first-order chi connectivity index (χ1) is 19.3. The lowest BCUT2D eigenvalue weighted by molar-refractivity contribution is 0.477. The standard InChI is InChI=1S/C34H22N4O/c39-31-17-9-6-14-27(31)28-20-18-25-24-13-5-8-16-30(24)38(33(25)35-28)32-21-19-26-23-12-4-7-15-29(23)37(34(26)36-32)22-10-2-1-3-11-22/h1-21,39H. The van der Waals surface area contributed by atoms with Gasteiger partial charge in [0.25, 0.3) is 0 Å². The van der Waals surface area contributed by atoms with Crippen molar-refractivity contribution in [2.45, 2.75) is 0 Å². The van der Waals surface area contributed by atoms with Gasteiger partial charge >= 0.3 is 0 Å². The first kappa shape index (κ1) is 21.6. The summed E-state index contributed by atoms with van der Waals surface area (Å²) >= 11 is 0. The highest BCUT2D eigenvalue weighted by Gasteiger charge is 2.19. The summed E-state index contributed by atoms with van der Waals surface area (Å²) in [6.07, 6.45) is 0. The Morgan fingerprint density at radius 1 is 0.462 bits per heavy atom. The van der Waals surface area contributed by atoms with E-state index in [1.165, 1.54) is 0 Å². The van der Waals surface area contributed by atoms with Crippen LogP contribution in [-0.4, -0.2) is 24.2 Å². The molecule has 5 nitrogen and oxygen atoms in total. The van der Waals surface area contributed by atoms with Gasteiger partial charge in [-0.15, -0.1) is 0 Å². The van der Waals surface area contributed by atoms with Gasteiger partial charge in [0, 0.05) is 32.8 Å². The Kier molecular flexibility index (Phi) is 4.60. The fourth-order valence-electron chi connectivity index (χ4n) is 5.70. The van der Waals surface area contributed by atoms with Crippen molar-refractivity contribution in [1.82, 2.24) is 19.1 Å². The van der Waals surface area contributed by atoms with E-state index in [1.54, 1.807) is 6.07 Å². The fraction of sp³-hybridized carbons (Fsp3) is 0. The van der Waals surface area contributed by atoms with Crippen LogP contribution in [0.4, 0.5) is 0 Å². The highest BCUT2D eigenvalue weighted by molar-refractivity contribution is 6.10. The van der Waals surface area contributed by atoms with Gasteiger partial charge in [0.05, 0.1) is 16.7 Å². The molecular formula is C34H22N4O. The monoisotopic (exact) mass is 502 g/mol. The summed E-state index contributed by atoms with van der Waals surface area (Å²) in [6.45, 7) is 0. The molecule has 184 valence electrons. The number of phenolic OH excluding ortho intramolecular Hbond substituents is 1. The van der Waals surface area contributed by atoms with Crippen LogP contribution in [0.5, 0.6) is 5.75 Å². The van der Waals surface area contributed by atoms with Crippen molar-refractivity contribution >= 4 is 43.9 Å². The summed E-state index contributed by atoms with van der Waals surface area (Å²) in [5.74, 6) is 0.995. The maximum atomic E-state index is 10.5. The lowest BCUT2D eigenvalue weighted by atomic mass is 10.1. The van der Waals surface area contributed by atoms with Gasteiger partial charge < -0.3 is 5.11 Å². The second kappa shape index (κ2) is 8.30. The van der Waals surface area contributed by atoms with Crippen LogP contribution in [0, 0.1) is 0 Å². The smallest absolute Gasteiger partial charge is 0.148 e. The predicted octanol–water partition coefficient (Wildman–Crippen LogP) is 8.04. The second-order valence-electron chi connectivity index (χ2n) is 9.67. The quantitative estimate of drug-likeness (QED) is 0.266. The highest BCUT2D eigenvalue weighted by atomic mass is 16.3. The largest absolute Gasteiger partial charge is 0.507 e. The summed E-state index contributed by atoms with van der Waals surface area (Å²) in [6, 6.07) is 42.7. The minimum Gasteiger partial charge on any atom is -0.507 e. The van der Waals surface area contributed by atoms with E-state index in [4.69, 9.17) is 9.97 Å². The van der Waals surface area contributed by atoms with E-state index in [0.29, 0.717) is 11.3 Å². The highest BCUT2D eigenvalue weighted by Crippen LogP contribution is 2.36. The summed E-state index contributed by atoms with van der Waals surface area (Å²) in [5, 5.41) is 14.9. The van der Waals surface area contributed by atoms with Crippen LogP contribution in [0.15, 0.2) is 127 Å². The number of pyridine rings is 2. The van der Waals surface area contributed by atoms with Gasteiger partial charge in [-0.25, -0.2) is 9.97 Å². The molecular weight excluding hydrogens is 480 g/mol. The van der Waals surface area contributed by atoms with Crippen LogP contribution in [-0.2, 0) is 0 Å². The summed E-state index contributed by atoms with van der Waals surface area (Å²) in [5.41, 5.74) is 6.31. The van der Waals surface area contributed by atoms with E-state index < -0.39 is 0 Å². The first-order valence-corrected chi connectivity index (χ1v) is 12.9. The molecule has 4 heterocycles. The van der Waals surface area contributed by atoms with Gasteiger partial charge in [-0.05, 0) is 60.7 Å². The van der Waals surface area contributed by atoms with E-state index in [2.05, 4.69) is 88.0 Å². The molecule has 8 aromatic rings. The van der Waals surface area contributed by atoms with Crippen molar-refractivity contribution in [3.05, 3.63) is 127 Å². The number of aromatic nitrogens is 4. The molecule has 0 unspecified atom stereocenters. The Bertz CT molecular complexity index is 2190. The fourth-order valence-corrected chi connectivity index (χ4v) is 5.70. The molecule has 0 aliphatic heterocycles. The van der Waals surface area contributed by atoms with Gasteiger partial charge in [-0.2, -0.15) is 0 Å². The number of hydrogen-bond donors (Lipinski definition) is 1. The van der Waals surface area contributed by atoms with Crippen molar-refractivity contribution in [3.63, 3.8) is 0 Å². The minimum absolute atomic E-state index is 0.207. The molecule has 4 aromatic heterocycles. The average molecular weight is 503 g/mol. The van der Waals surface area contributed by atoms with E-state index in [9.17, 15) is 5.11 Å². The zero-order valence-electron chi connectivity index (χ0n) is 20.9. The molecule has 0 aliphatic carbocycles. The summed E-state index contributed by atoms with van der Waals surface area (Å²) < 4.78 is 4.35. The maximum Gasteiger partial charge on any atom is 0.148 e. The maximum absolute atomic E-state index is 10.5. The predicted molar refractivity (Wildman–Crippen MR) is 158 cm³/mol. The van der Waals surface area contributed by atoms with Gasteiger partial charge in [0.15, 0.2) is 0 Å². The average Bonchev–Trinajstić information content (AvgIpc) is 3.50. The van der Waals surface area contributed by atoms with Gasteiger partial charge in [-0.1, -0.05) is 66.7 Å². The number of fused-ring (bicyclic) bond motifs is 6. The topological polar surface area (TPSA) is 55.9 Å². The van der Waals surface area contributed by atoms with Crippen LogP contribution >= 0.6 is 0 Å². The zero-order valence-corrected chi connectivity index (χ0v) is 20.9. The van der Waals surface area contributed by atoms with Crippen LogP contribution in [0.1, 0.15) is 0 Å². The van der Waals surface area contributed by atoms with E-state index >= 15 is 0 Å². The van der Waals surface area contributed by atoms with Crippen LogP contribution in [0.2, 0.25) is 0 Å². The number of benzene rings is 4. The zero-order chi connectivity index (χ0) is 25.9. The third-order valence-corrected chi connectivity index (χ3v) is 7.45. The van der Waals surface area contributed by atoms with Gasteiger partial charge in [-0.3, -0.25) is 9.13 Å². The number of phenols is 1. The molecule has 0 saturated heterocycles. The molecule has 0 fully saturated rings. The SMILES string of the molecule is Oc1ccccc1-c1ccc2c3ccccc3n(-c3ccc4c5ccccc5n(-c5ccccc5)c4n3)c2n1. The summed E-state index contributed by atoms with van der Waals surface area (Å²) in [4.78, 5) is 10.4. The molecule has 0 atom stereocenters. The van der Waals surface area contributed by atoms with Crippen LogP contribution in [0.3, 0.4) is 0 Å². The number of aromatic hydroxyl groups is 1. The molecule has 0 aliphatic rings.